The zero-order valence-corrected chi connectivity index (χ0v) is 17.6. The van der Waals surface area contributed by atoms with Crippen LogP contribution in [0.5, 0.6) is 5.75 Å². The number of aliphatic hydroxyl groups excluding tert-OH is 1. The fraction of sp³-hybridized carbons (Fsp3) is 0.222. The van der Waals surface area contributed by atoms with E-state index in [9.17, 15) is 19.8 Å². The summed E-state index contributed by atoms with van der Waals surface area (Å²) in [5.41, 5.74) is 1.20. The van der Waals surface area contributed by atoms with Gasteiger partial charge in [-0.15, -0.1) is 11.8 Å². The van der Waals surface area contributed by atoms with Crippen molar-refractivity contribution < 1.29 is 55.5 Å². The van der Waals surface area contributed by atoms with Crippen molar-refractivity contribution in [2.24, 2.45) is 0 Å². The molecular weight excluding hydrogens is 365 g/mol. The number of carbonyl (C=O) groups is 2. The number of hydrogen-bond donors (Lipinski definition) is 3. The van der Waals surface area contributed by atoms with Gasteiger partial charge in [0.1, 0.15) is 5.75 Å². The molecule has 2 atom stereocenters. The molecule has 1 amide bonds. The van der Waals surface area contributed by atoms with Crippen molar-refractivity contribution in [2.75, 3.05) is 12.4 Å². The van der Waals surface area contributed by atoms with Crippen LogP contribution in [-0.4, -0.2) is 35.3 Å². The Morgan fingerprint density at radius 3 is 2.31 bits per heavy atom. The number of methoxy groups -OCH3 is 1. The molecule has 2 rings (SSSR count). The van der Waals surface area contributed by atoms with Crippen molar-refractivity contribution in [3.63, 3.8) is 0 Å². The molecule has 6 nitrogen and oxygen atoms in total. The average molecular weight is 385 g/mol. The van der Waals surface area contributed by atoms with Gasteiger partial charge in [0.15, 0.2) is 6.10 Å². The number of carboxylic acids is 1. The van der Waals surface area contributed by atoms with Crippen molar-refractivity contribution in [2.45, 2.75) is 23.2 Å². The zero-order valence-electron chi connectivity index (χ0n) is 15.8. The first-order chi connectivity index (χ1) is 11.9. The number of aliphatic hydroxyl groups is 1. The first-order valence-electron chi connectivity index (χ1n) is 7.50. The van der Waals surface area contributed by atoms with Gasteiger partial charge >= 0.3 is 35.5 Å². The Kier molecular flexibility index (Phi) is 9.18. The molecule has 0 aliphatic heterocycles. The molecule has 0 aromatic heterocycles. The van der Waals surface area contributed by atoms with Crippen LogP contribution in [0, 0.1) is 0 Å². The molecule has 0 heterocycles. The van der Waals surface area contributed by atoms with E-state index in [4.69, 9.17) is 4.74 Å². The molecule has 3 N–H and O–H groups in total. The van der Waals surface area contributed by atoms with E-state index in [0.717, 1.165) is 0 Å². The van der Waals surface area contributed by atoms with Gasteiger partial charge in [-0.05, 0) is 29.8 Å². The summed E-state index contributed by atoms with van der Waals surface area (Å²) in [6, 6.07) is 13.9. The quantitative estimate of drug-likeness (QED) is 0.460. The van der Waals surface area contributed by atoms with Gasteiger partial charge < -0.3 is 21.7 Å². The van der Waals surface area contributed by atoms with Crippen molar-refractivity contribution in [3.05, 3.63) is 54.1 Å². The summed E-state index contributed by atoms with van der Waals surface area (Å²) in [7, 11) is 1.54. The topological polar surface area (TPSA) is 95.9 Å². The number of hydrogen-bond acceptors (Lipinski definition) is 5. The van der Waals surface area contributed by atoms with Crippen molar-refractivity contribution >= 4 is 29.3 Å². The molecule has 0 fully saturated rings. The van der Waals surface area contributed by atoms with Gasteiger partial charge in [-0.3, -0.25) is 4.79 Å². The van der Waals surface area contributed by atoms with Crippen LogP contribution in [0.4, 0.5) is 5.69 Å². The third-order valence-electron chi connectivity index (χ3n) is 3.44. The molecule has 0 spiro atoms. The summed E-state index contributed by atoms with van der Waals surface area (Å²) in [6.07, 6.45) is -1.61. The smallest absolute Gasteiger partial charge is 1.00 e. The number of amides is 1. The molecular formula is C18H20NNaO5S. The largest absolute Gasteiger partial charge is 1.00 e. The molecule has 0 aliphatic carbocycles. The molecule has 8 heteroatoms. The van der Waals surface area contributed by atoms with Crippen LogP contribution in [-0.2, 0) is 9.59 Å². The Balaban J connectivity index is 0.00000338. The van der Waals surface area contributed by atoms with E-state index in [1.54, 1.807) is 48.5 Å². The summed E-state index contributed by atoms with van der Waals surface area (Å²) < 4.78 is 5.10. The third-order valence-corrected chi connectivity index (χ3v) is 4.83. The van der Waals surface area contributed by atoms with E-state index in [0.29, 0.717) is 21.9 Å². The summed E-state index contributed by atoms with van der Waals surface area (Å²) in [6.45, 7) is 1.40. The molecule has 0 saturated heterocycles. The van der Waals surface area contributed by atoms with Crippen LogP contribution in [0.15, 0.2) is 53.4 Å². The van der Waals surface area contributed by atoms with E-state index in [1.165, 1.54) is 25.8 Å². The number of anilines is 1. The Labute approximate surface area is 179 Å². The number of rotatable bonds is 7. The second-order valence-corrected chi connectivity index (χ2v) is 6.46. The van der Waals surface area contributed by atoms with E-state index < -0.39 is 17.3 Å². The Bertz CT molecular complexity index is 760. The van der Waals surface area contributed by atoms with Crippen LogP contribution < -0.4 is 39.6 Å². The van der Waals surface area contributed by atoms with Crippen LogP contribution in [0.1, 0.15) is 19.2 Å². The minimum absolute atomic E-state index is 0. The maximum atomic E-state index is 11.4. The number of thioether (sulfide) groups is 1. The van der Waals surface area contributed by atoms with E-state index in [-0.39, 0.29) is 36.9 Å². The van der Waals surface area contributed by atoms with E-state index >= 15 is 0 Å². The zero-order chi connectivity index (χ0) is 18.4. The van der Waals surface area contributed by atoms with Gasteiger partial charge in [-0.25, -0.2) is 4.79 Å². The first kappa shape index (κ1) is 22.5. The van der Waals surface area contributed by atoms with E-state index in [1.807, 2.05) is 0 Å². The third kappa shape index (κ3) is 6.03. The second kappa shape index (κ2) is 10.6. The molecule has 26 heavy (non-hydrogen) atoms. The fourth-order valence-corrected chi connectivity index (χ4v) is 3.45. The van der Waals surface area contributed by atoms with Crippen LogP contribution in [0.2, 0.25) is 0 Å². The van der Waals surface area contributed by atoms with Crippen LogP contribution in [0.25, 0.3) is 0 Å². The minimum Gasteiger partial charge on any atom is -1.00 e. The molecule has 0 bridgehead atoms. The SMILES string of the molecule is COc1ccc(C(Sc2ccccc2NC(C)=O)C(O)C(=O)O)cc1.[H-].[Na+]. The normalized spacial score (nSPS) is 12.4. The number of carbonyl (C=O) groups excluding carboxylic acids is 1. The fourth-order valence-electron chi connectivity index (χ4n) is 2.24. The number of ether oxygens (including phenoxy) is 1. The maximum absolute atomic E-state index is 11.4. The van der Waals surface area contributed by atoms with Crippen LogP contribution >= 0.6 is 11.8 Å². The van der Waals surface area contributed by atoms with Gasteiger partial charge in [-0.2, -0.15) is 0 Å². The summed E-state index contributed by atoms with van der Waals surface area (Å²) in [4.78, 5) is 23.4. The Morgan fingerprint density at radius 2 is 1.77 bits per heavy atom. The molecule has 2 unspecified atom stereocenters. The van der Waals surface area contributed by atoms with Crippen molar-refractivity contribution in [1.82, 2.24) is 0 Å². The number of carboxylic acid groups (broad SMARTS) is 1. The molecule has 2 aromatic rings. The predicted octanol–water partition coefficient (Wildman–Crippen LogP) is 0.0490. The average Bonchev–Trinajstić information content (AvgIpc) is 2.60. The Morgan fingerprint density at radius 1 is 1.15 bits per heavy atom. The maximum Gasteiger partial charge on any atom is 1.00 e. The van der Waals surface area contributed by atoms with Gasteiger partial charge in [-0.1, -0.05) is 24.3 Å². The second-order valence-electron chi connectivity index (χ2n) is 5.27. The number of nitrogens with one attached hydrogen (secondary N) is 1. The van der Waals surface area contributed by atoms with Gasteiger partial charge in [0.25, 0.3) is 0 Å². The number of para-hydroxylation sites is 1. The van der Waals surface area contributed by atoms with E-state index in [2.05, 4.69) is 5.32 Å². The molecule has 134 valence electrons. The first-order valence-corrected chi connectivity index (χ1v) is 8.38. The van der Waals surface area contributed by atoms with Gasteiger partial charge in [0.2, 0.25) is 5.91 Å². The number of benzene rings is 2. The molecule has 0 radical (unpaired) electrons. The summed E-state index contributed by atoms with van der Waals surface area (Å²) in [5.74, 6) is -0.908. The van der Waals surface area contributed by atoms with Gasteiger partial charge in [0, 0.05) is 11.8 Å². The van der Waals surface area contributed by atoms with Crippen molar-refractivity contribution in [1.29, 1.82) is 0 Å². The predicted molar refractivity (Wildman–Crippen MR) is 97.1 cm³/mol. The Hall–Kier alpha value is -1.51. The van der Waals surface area contributed by atoms with Crippen LogP contribution in [0.3, 0.4) is 0 Å². The van der Waals surface area contributed by atoms with Gasteiger partial charge in [0.05, 0.1) is 18.0 Å². The summed E-state index contributed by atoms with van der Waals surface area (Å²) in [5, 5.41) is 21.4. The number of aliphatic carboxylic acids is 1. The molecule has 2 aromatic carbocycles. The molecule has 0 aliphatic rings. The summed E-state index contributed by atoms with van der Waals surface area (Å²) >= 11 is 1.17. The monoisotopic (exact) mass is 385 g/mol. The molecule has 0 saturated carbocycles. The van der Waals surface area contributed by atoms with Crippen molar-refractivity contribution in [3.8, 4) is 5.75 Å². The minimum atomic E-state index is -1.61. The standard InChI is InChI=1S/C18H19NO5S.Na.H/c1-11(20)19-14-5-3-4-6-15(14)25-17(16(21)18(22)23)12-7-9-13(24-2)10-8-12;;/h3-10,16-17,21H,1-2H3,(H,19,20)(H,22,23);;/q;+1;-1.